The molecule has 1 aromatic carbocycles. The molecule has 0 bridgehead atoms. The highest BCUT2D eigenvalue weighted by atomic mass is 35.5. The molecule has 0 spiro atoms. The smallest absolute Gasteiger partial charge is 0.327 e. The highest BCUT2D eigenvalue weighted by Crippen LogP contribution is 2.24. The average Bonchev–Trinajstić information content (AvgIpc) is 2.51. The molecule has 130 valence electrons. The summed E-state index contributed by atoms with van der Waals surface area (Å²) in [6, 6.07) is 6.77. The van der Waals surface area contributed by atoms with Gasteiger partial charge in [0.2, 0.25) is 0 Å². The number of hydrogen-bond acceptors (Lipinski definition) is 5. The first-order chi connectivity index (χ1) is 11.0. The van der Waals surface area contributed by atoms with Gasteiger partial charge >= 0.3 is 5.97 Å². The van der Waals surface area contributed by atoms with Gasteiger partial charge in [-0.2, -0.15) is 0 Å². The molecule has 1 N–H and O–H groups in total. The van der Waals surface area contributed by atoms with Crippen molar-refractivity contribution in [3.05, 3.63) is 34.9 Å². The van der Waals surface area contributed by atoms with Gasteiger partial charge in [-0.15, -0.1) is 11.8 Å². The second-order valence-electron chi connectivity index (χ2n) is 5.53. The number of hydrogen-bond donors (Lipinski definition) is 1. The number of rotatable bonds is 10. The zero-order valence-electron chi connectivity index (χ0n) is 14.2. The summed E-state index contributed by atoms with van der Waals surface area (Å²) in [6.45, 7) is 6.90. The van der Waals surface area contributed by atoms with Crippen molar-refractivity contribution < 1.29 is 14.3 Å². The number of ether oxygens (including phenoxy) is 2. The van der Waals surface area contributed by atoms with Crippen LogP contribution in [-0.4, -0.2) is 36.9 Å². The molecule has 0 aliphatic carbocycles. The summed E-state index contributed by atoms with van der Waals surface area (Å²) in [5.74, 6) is 0.352. The normalized spacial score (nSPS) is 13.8. The molecule has 0 heterocycles. The maximum Gasteiger partial charge on any atom is 0.327 e. The Kier molecular flexibility index (Phi) is 9.63. The Bertz CT molecular complexity index is 485. The number of carbonyl (C=O) groups excluding carboxylic acids is 1. The minimum atomic E-state index is -0.544. The van der Waals surface area contributed by atoms with Gasteiger partial charge in [-0.1, -0.05) is 36.7 Å². The third kappa shape index (κ3) is 7.57. The lowest BCUT2D eigenvalue weighted by Gasteiger charge is -2.19. The van der Waals surface area contributed by atoms with E-state index in [4.69, 9.17) is 21.1 Å². The van der Waals surface area contributed by atoms with E-state index in [0.29, 0.717) is 22.8 Å². The minimum absolute atomic E-state index is 0.247. The van der Waals surface area contributed by atoms with E-state index in [1.54, 1.807) is 17.8 Å². The van der Waals surface area contributed by atoms with Crippen molar-refractivity contribution in [2.24, 2.45) is 0 Å². The van der Waals surface area contributed by atoms with Crippen molar-refractivity contribution in [1.82, 2.24) is 5.32 Å². The lowest BCUT2D eigenvalue weighted by atomic mass is 10.1. The van der Waals surface area contributed by atoms with Crippen molar-refractivity contribution in [2.75, 3.05) is 19.6 Å². The summed E-state index contributed by atoms with van der Waals surface area (Å²) in [5, 5.41) is 4.24. The molecule has 1 rings (SSSR count). The van der Waals surface area contributed by atoms with E-state index >= 15 is 0 Å². The largest absolute Gasteiger partial charge is 0.468 e. The van der Waals surface area contributed by atoms with E-state index in [1.165, 1.54) is 7.11 Å². The summed E-state index contributed by atoms with van der Waals surface area (Å²) in [4.78, 5) is 12.0. The number of thioether (sulfide) groups is 1. The maximum absolute atomic E-state index is 12.0. The SMILES string of the molecule is COC(=O)[C@@H](NCCC(C)SCOC(C)C)c1ccccc1Cl. The molecule has 0 radical (unpaired) electrons. The Hall–Kier alpha value is -0.750. The van der Waals surface area contributed by atoms with Crippen LogP contribution in [0.5, 0.6) is 0 Å². The number of benzene rings is 1. The van der Waals surface area contributed by atoms with E-state index in [-0.39, 0.29) is 12.1 Å². The fourth-order valence-corrected chi connectivity index (χ4v) is 3.07. The molecule has 1 unspecified atom stereocenters. The molecule has 23 heavy (non-hydrogen) atoms. The van der Waals surface area contributed by atoms with E-state index in [0.717, 1.165) is 12.0 Å². The quantitative estimate of drug-likeness (QED) is 0.504. The molecule has 4 nitrogen and oxygen atoms in total. The predicted molar refractivity (Wildman–Crippen MR) is 97.0 cm³/mol. The van der Waals surface area contributed by atoms with Crippen LogP contribution in [0.15, 0.2) is 24.3 Å². The van der Waals surface area contributed by atoms with E-state index < -0.39 is 6.04 Å². The Morgan fingerprint density at radius 1 is 1.30 bits per heavy atom. The topological polar surface area (TPSA) is 47.6 Å². The number of esters is 1. The van der Waals surface area contributed by atoms with Gasteiger partial charge < -0.3 is 14.8 Å². The average molecular weight is 360 g/mol. The number of methoxy groups -OCH3 is 1. The highest BCUT2D eigenvalue weighted by molar-refractivity contribution is 7.99. The van der Waals surface area contributed by atoms with Gasteiger partial charge in [0.1, 0.15) is 6.04 Å². The van der Waals surface area contributed by atoms with Crippen LogP contribution in [0.1, 0.15) is 38.8 Å². The Labute approximate surface area is 148 Å². The maximum atomic E-state index is 12.0. The molecular formula is C17H26ClNO3S. The van der Waals surface area contributed by atoms with Gasteiger partial charge in [-0.25, -0.2) is 4.79 Å². The second kappa shape index (κ2) is 10.9. The number of halogens is 1. The fraction of sp³-hybridized carbons (Fsp3) is 0.588. The van der Waals surface area contributed by atoms with Crippen molar-refractivity contribution in [3.63, 3.8) is 0 Å². The summed E-state index contributed by atoms with van der Waals surface area (Å²) in [5.41, 5.74) is 0.740. The van der Waals surface area contributed by atoms with Gasteiger partial charge in [-0.3, -0.25) is 0 Å². The number of nitrogens with one attached hydrogen (secondary N) is 1. The predicted octanol–water partition coefficient (Wildman–Crippen LogP) is 4.04. The summed E-state index contributed by atoms with van der Waals surface area (Å²) in [7, 11) is 1.38. The van der Waals surface area contributed by atoms with Gasteiger partial charge in [0.05, 0.1) is 19.2 Å². The molecule has 2 atom stereocenters. The molecule has 0 fully saturated rings. The standard InChI is InChI=1S/C17H26ClNO3S/c1-12(2)22-11-23-13(3)9-10-19-16(17(20)21-4)14-7-5-6-8-15(14)18/h5-8,12-13,16,19H,9-11H2,1-4H3/t13?,16-/m0/s1. The third-order valence-electron chi connectivity index (χ3n) is 3.31. The second-order valence-corrected chi connectivity index (χ2v) is 7.31. The molecule has 0 aliphatic rings. The molecule has 0 saturated heterocycles. The minimum Gasteiger partial charge on any atom is -0.468 e. The van der Waals surface area contributed by atoms with E-state index in [9.17, 15) is 4.79 Å². The van der Waals surface area contributed by atoms with Crippen LogP contribution in [0, 0.1) is 0 Å². The lowest BCUT2D eigenvalue weighted by Crippen LogP contribution is -2.31. The first-order valence-electron chi connectivity index (χ1n) is 7.74. The molecule has 6 heteroatoms. The zero-order valence-corrected chi connectivity index (χ0v) is 15.7. The molecule has 0 aliphatic heterocycles. The zero-order chi connectivity index (χ0) is 17.2. The summed E-state index contributed by atoms with van der Waals surface area (Å²) >= 11 is 7.96. The van der Waals surface area contributed by atoms with Crippen molar-refractivity contribution >= 4 is 29.3 Å². The van der Waals surface area contributed by atoms with Crippen molar-refractivity contribution in [1.29, 1.82) is 0 Å². The first kappa shape index (κ1) is 20.3. The monoisotopic (exact) mass is 359 g/mol. The highest BCUT2D eigenvalue weighted by Gasteiger charge is 2.23. The van der Waals surface area contributed by atoms with Crippen LogP contribution in [0.25, 0.3) is 0 Å². The van der Waals surface area contributed by atoms with E-state index in [1.807, 2.05) is 32.0 Å². The van der Waals surface area contributed by atoms with Crippen molar-refractivity contribution in [2.45, 2.75) is 44.6 Å². The van der Waals surface area contributed by atoms with Crippen molar-refractivity contribution in [3.8, 4) is 0 Å². The van der Waals surface area contributed by atoms with Crippen LogP contribution in [0.3, 0.4) is 0 Å². The molecule has 0 amide bonds. The van der Waals surface area contributed by atoms with Gasteiger partial charge in [0.25, 0.3) is 0 Å². The fourth-order valence-electron chi connectivity index (χ4n) is 1.95. The van der Waals surface area contributed by atoms with E-state index in [2.05, 4.69) is 12.2 Å². The molecular weight excluding hydrogens is 334 g/mol. The van der Waals surface area contributed by atoms with Gasteiger partial charge in [0, 0.05) is 10.3 Å². The third-order valence-corrected chi connectivity index (χ3v) is 4.73. The van der Waals surface area contributed by atoms with Gasteiger partial charge in [0.15, 0.2) is 0 Å². The Morgan fingerprint density at radius 2 is 2.00 bits per heavy atom. The molecule has 0 saturated carbocycles. The molecule has 1 aromatic rings. The summed E-state index contributed by atoms with van der Waals surface area (Å²) in [6.07, 6.45) is 1.17. The molecule has 0 aromatic heterocycles. The van der Waals surface area contributed by atoms with Crippen LogP contribution >= 0.6 is 23.4 Å². The lowest BCUT2D eigenvalue weighted by molar-refractivity contribution is -0.143. The summed E-state index contributed by atoms with van der Waals surface area (Å²) < 4.78 is 10.4. The van der Waals surface area contributed by atoms with Crippen LogP contribution in [0.4, 0.5) is 0 Å². The van der Waals surface area contributed by atoms with Gasteiger partial charge in [-0.05, 0) is 38.4 Å². The Morgan fingerprint density at radius 3 is 2.61 bits per heavy atom. The first-order valence-corrected chi connectivity index (χ1v) is 9.17. The van der Waals surface area contributed by atoms with Crippen LogP contribution in [0.2, 0.25) is 5.02 Å². The van der Waals surface area contributed by atoms with Crippen LogP contribution in [-0.2, 0) is 14.3 Å². The number of carbonyl (C=O) groups is 1. The van der Waals surface area contributed by atoms with Crippen LogP contribution < -0.4 is 5.32 Å². The Balaban J connectivity index is 2.50.